The lowest BCUT2D eigenvalue weighted by Gasteiger charge is -2.10. The second-order valence-corrected chi connectivity index (χ2v) is 5.77. The number of halogens is 2. The van der Waals surface area contributed by atoms with Crippen LogP contribution in [-0.4, -0.2) is 18.2 Å². The van der Waals surface area contributed by atoms with Crippen molar-refractivity contribution in [2.75, 3.05) is 11.9 Å². The van der Waals surface area contributed by atoms with Gasteiger partial charge in [0.2, 0.25) is 5.91 Å². The zero-order valence-corrected chi connectivity index (χ0v) is 12.7. The first-order valence-electron chi connectivity index (χ1n) is 6.03. The molecule has 3 rings (SSSR count). The van der Waals surface area contributed by atoms with Gasteiger partial charge in [-0.05, 0) is 30.3 Å². The molecule has 0 bridgehead atoms. The van der Waals surface area contributed by atoms with Crippen molar-refractivity contribution in [2.24, 2.45) is 4.99 Å². The van der Waals surface area contributed by atoms with Crippen molar-refractivity contribution >= 4 is 44.8 Å². The molecule has 0 unspecified atom stereocenters. The Morgan fingerprint density at radius 1 is 1.20 bits per heavy atom. The number of aliphatic imine (C=N–C) groups is 1. The summed E-state index contributed by atoms with van der Waals surface area (Å²) in [7, 11) is 0. The number of anilines is 1. The van der Waals surface area contributed by atoms with Gasteiger partial charge in [-0.3, -0.25) is 9.79 Å². The molecule has 0 saturated carbocycles. The number of amides is 1. The van der Waals surface area contributed by atoms with E-state index in [1.807, 2.05) is 42.5 Å². The molecule has 1 aliphatic heterocycles. The van der Waals surface area contributed by atoms with Gasteiger partial charge in [-0.15, -0.1) is 0 Å². The van der Waals surface area contributed by atoms with Crippen LogP contribution in [0.4, 0.5) is 5.69 Å². The molecule has 1 amide bonds. The fourth-order valence-corrected chi connectivity index (χ4v) is 2.68. The monoisotopic (exact) mass is 348 g/mol. The Kier molecular flexibility index (Phi) is 3.59. The lowest BCUT2D eigenvalue weighted by molar-refractivity contribution is -0.114. The Balaban J connectivity index is 2.20. The van der Waals surface area contributed by atoms with Crippen molar-refractivity contribution in [3.8, 4) is 0 Å². The highest BCUT2D eigenvalue weighted by atomic mass is 79.9. The number of nitrogens with one attached hydrogen (secondary N) is 1. The zero-order chi connectivity index (χ0) is 14.1. The van der Waals surface area contributed by atoms with Crippen LogP contribution < -0.4 is 5.32 Å². The van der Waals surface area contributed by atoms with Crippen molar-refractivity contribution in [3.63, 3.8) is 0 Å². The maximum absolute atomic E-state index is 11.7. The first-order valence-corrected chi connectivity index (χ1v) is 7.21. The van der Waals surface area contributed by atoms with Crippen LogP contribution in [0.2, 0.25) is 5.02 Å². The van der Waals surface area contributed by atoms with Gasteiger partial charge in [-0.1, -0.05) is 39.7 Å². The first-order chi connectivity index (χ1) is 9.63. The van der Waals surface area contributed by atoms with Crippen LogP contribution in [-0.2, 0) is 4.79 Å². The van der Waals surface area contributed by atoms with E-state index >= 15 is 0 Å². The average Bonchev–Trinajstić information content (AvgIpc) is 2.57. The topological polar surface area (TPSA) is 41.5 Å². The largest absolute Gasteiger partial charge is 0.324 e. The molecule has 0 saturated heterocycles. The number of carbonyl (C=O) groups excluding carboxylic acids is 1. The Bertz CT molecular complexity index is 728. The molecule has 20 heavy (non-hydrogen) atoms. The lowest BCUT2D eigenvalue weighted by Crippen LogP contribution is -2.13. The van der Waals surface area contributed by atoms with E-state index in [0.717, 1.165) is 27.0 Å². The van der Waals surface area contributed by atoms with Gasteiger partial charge >= 0.3 is 0 Å². The quantitative estimate of drug-likeness (QED) is 0.834. The van der Waals surface area contributed by atoms with Crippen LogP contribution in [0, 0.1) is 0 Å². The third-order valence-electron chi connectivity index (χ3n) is 2.99. The molecule has 0 fully saturated rings. The third-order valence-corrected chi connectivity index (χ3v) is 3.72. The highest BCUT2D eigenvalue weighted by Crippen LogP contribution is 2.27. The first kappa shape index (κ1) is 13.3. The van der Waals surface area contributed by atoms with Gasteiger partial charge in [0.25, 0.3) is 0 Å². The van der Waals surface area contributed by atoms with Crippen molar-refractivity contribution in [1.82, 2.24) is 0 Å². The predicted octanol–water partition coefficient (Wildman–Crippen LogP) is 3.89. The van der Waals surface area contributed by atoms with E-state index in [9.17, 15) is 4.79 Å². The zero-order valence-electron chi connectivity index (χ0n) is 10.4. The molecule has 0 aromatic heterocycles. The standard InChI is InChI=1S/C15H10BrClN2O/c16-10-4-5-13-12(7-10)15(18-8-14(20)19-13)9-2-1-3-11(17)6-9/h1-7H,8H2,(H,19,20). The molecule has 1 heterocycles. The van der Waals surface area contributed by atoms with E-state index in [-0.39, 0.29) is 12.5 Å². The fraction of sp³-hybridized carbons (Fsp3) is 0.0667. The molecule has 0 atom stereocenters. The number of benzodiazepines with no additional fused rings is 1. The molecule has 100 valence electrons. The van der Waals surface area contributed by atoms with Crippen LogP contribution in [0.5, 0.6) is 0 Å². The summed E-state index contributed by atoms with van der Waals surface area (Å²) in [5, 5.41) is 3.50. The molecule has 2 aromatic rings. The molecule has 5 heteroatoms. The van der Waals surface area contributed by atoms with E-state index in [1.165, 1.54) is 0 Å². The van der Waals surface area contributed by atoms with Crippen LogP contribution >= 0.6 is 27.5 Å². The van der Waals surface area contributed by atoms with E-state index in [4.69, 9.17) is 11.6 Å². The summed E-state index contributed by atoms with van der Waals surface area (Å²) in [6.45, 7) is 0.105. The van der Waals surface area contributed by atoms with Gasteiger partial charge < -0.3 is 5.32 Å². The fourth-order valence-electron chi connectivity index (χ4n) is 2.13. The second kappa shape index (κ2) is 5.38. The number of hydrogen-bond donors (Lipinski definition) is 1. The molecular weight excluding hydrogens is 340 g/mol. The summed E-state index contributed by atoms with van der Waals surface area (Å²) in [6.07, 6.45) is 0. The van der Waals surface area contributed by atoms with E-state index in [2.05, 4.69) is 26.2 Å². The minimum absolute atomic E-state index is 0.105. The Morgan fingerprint density at radius 2 is 2.05 bits per heavy atom. The SMILES string of the molecule is O=C1CN=C(c2cccc(Cl)c2)c2cc(Br)ccc2N1. The number of hydrogen-bond acceptors (Lipinski definition) is 2. The third kappa shape index (κ3) is 2.62. The second-order valence-electron chi connectivity index (χ2n) is 4.41. The van der Waals surface area contributed by atoms with Crippen LogP contribution in [0.3, 0.4) is 0 Å². The van der Waals surface area contributed by atoms with Crippen LogP contribution in [0.1, 0.15) is 11.1 Å². The maximum atomic E-state index is 11.7. The summed E-state index contributed by atoms with van der Waals surface area (Å²) in [5.41, 5.74) is 3.30. The molecule has 0 spiro atoms. The Morgan fingerprint density at radius 3 is 2.85 bits per heavy atom. The summed E-state index contributed by atoms with van der Waals surface area (Å²) in [5.74, 6) is -0.120. The summed E-state index contributed by atoms with van der Waals surface area (Å²) < 4.78 is 0.933. The minimum atomic E-state index is -0.120. The smallest absolute Gasteiger partial charge is 0.246 e. The van der Waals surface area contributed by atoms with Crippen LogP contribution in [0.25, 0.3) is 0 Å². The van der Waals surface area contributed by atoms with Gasteiger partial charge in [0.1, 0.15) is 6.54 Å². The molecule has 1 N–H and O–H groups in total. The minimum Gasteiger partial charge on any atom is -0.324 e. The van der Waals surface area contributed by atoms with Crippen LogP contribution in [0.15, 0.2) is 51.9 Å². The maximum Gasteiger partial charge on any atom is 0.246 e. The number of carbonyl (C=O) groups is 1. The number of rotatable bonds is 1. The molecule has 3 nitrogen and oxygen atoms in total. The molecule has 1 aliphatic rings. The van der Waals surface area contributed by atoms with Gasteiger partial charge in [0.15, 0.2) is 0 Å². The highest BCUT2D eigenvalue weighted by Gasteiger charge is 2.18. The van der Waals surface area contributed by atoms with Crippen molar-refractivity contribution in [1.29, 1.82) is 0 Å². The van der Waals surface area contributed by atoms with Gasteiger partial charge in [0, 0.05) is 20.6 Å². The molecule has 0 aliphatic carbocycles. The number of fused-ring (bicyclic) bond motifs is 1. The molecular formula is C15H10BrClN2O. The van der Waals surface area contributed by atoms with Crippen molar-refractivity contribution in [3.05, 3.63) is 63.1 Å². The summed E-state index contributed by atoms with van der Waals surface area (Å²) >= 11 is 9.50. The van der Waals surface area contributed by atoms with Crippen molar-refractivity contribution in [2.45, 2.75) is 0 Å². The van der Waals surface area contributed by atoms with E-state index in [1.54, 1.807) is 0 Å². The lowest BCUT2D eigenvalue weighted by atomic mass is 10.0. The van der Waals surface area contributed by atoms with E-state index in [0.29, 0.717) is 5.02 Å². The summed E-state index contributed by atoms with van der Waals surface area (Å²) in [6, 6.07) is 13.2. The van der Waals surface area contributed by atoms with Crippen molar-refractivity contribution < 1.29 is 4.79 Å². The molecule has 2 aromatic carbocycles. The van der Waals surface area contributed by atoms with Gasteiger partial charge in [-0.25, -0.2) is 0 Å². The Labute approximate surface area is 129 Å². The van der Waals surface area contributed by atoms with Gasteiger partial charge in [-0.2, -0.15) is 0 Å². The molecule has 0 radical (unpaired) electrons. The van der Waals surface area contributed by atoms with Gasteiger partial charge in [0.05, 0.1) is 11.4 Å². The van der Waals surface area contributed by atoms with E-state index < -0.39 is 0 Å². The Hall–Kier alpha value is -1.65. The number of benzene rings is 2. The number of nitrogens with zero attached hydrogens (tertiary/aromatic N) is 1. The normalized spacial score (nSPS) is 14.1. The predicted molar refractivity (Wildman–Crippen MR) is 84.7 cm³/mol. The summed E-state index contributed by atoms with van der Waals surface area (Å²) in [4.78, 5) is 16.1. The highest BCUT2D eigenvalue weighted by molar-refractivity contribution is 9.10. The average molecular weight is 350 g/mol.